The summed E-state index contributed by atoms with van der Waals surface area (Å²) in [7, 11) is 0. The van der Waals surface area contributed by atoms with Crippen molar-refractivity contribution < 1.29 is 9.66 Å². The first kappa shape index (κ1) is 15.4. The Balaban J connectivity index is 2.06. The van der Waals surface area contributed by atoms with Crippen LogP contribution in [0.1, 0.15) is 29.6 Å². The summed E-state index contributed by atoms with van der Waals surface area (Å²) in [6.45, 7) is 2.64. The number of nitrogens with zero attached hydrogens (tertiary/aromatic N) is 2. The number of ether oxygens (including phenoxy) is 1. The fraction of sp³-hybridized carbons (Fsp3) is 0.357. The van der Waals surface area contributed by atoms with Gasteiger partial charge in [0.2, 0.25) is 0 Å². The molecule has 6 nitrogen and oxygen atoms in total. The quantitative estimate of drug-likeness (QED) is 0.627. The van der Waals surface area contributed by atoms with Crippen molar-refractivity contribution in [2.45, 2.75) is 32.9 Å². The molecule has 0 fully saturated rings. The van der Waals surface area contributed by atoms with Crippen LogP contribution in [-0.4, -0.2) is 9.91 Å². The van der Waals surface area contributed by atoms with Gasteiger partial charge in [0.15, 0.2) is 0 Å². The van der Waals surface area contributed by atoms with E-state index < -0.39 is 4.92 Å². The maximum absolute atomic E-state index is 10.7. The van der Waals surface area contributed by atoms with Gasteiger partial charge in [-0.3, -0.25) is 10.1 Å². The Kier molecular flexibility index (Phi) is 5.24. The summed E-state index contributed by atoms with van der Waals surface area (Å²) in [6.07, 6.45) is 2.03. The molecule has 1 aromatic heterocycles. The van der Waals surface area contributed by atoms with Crippen LogP contribution in [0.25, 0.3) is 0 Å². The predicted octanol–water partition coefficient (Wildman–Crippen LogP) is 3.04. The summed E-state index contributed by atoms with van der Waals surface area (Å²) >= 11 is 1.62. The van der Waals surface area contributed by atoms with Gasteiger partial charge >= 0.3 is 0 Å². The van der Waals surface area contributed by atoms with Crippen molar-refractivity contribution in [3.63, 3.8) is 0 Å². The topological polar surface area (TPSA) is 91.3 Å². The fourth-order valence-corrected chi connectivity index (χ4v) is 2.76. The lowest BCUT2D eigenvalue weighted by atomic mass is 10.2. The Morgan fingerprint density at radius 1 is 1.48 bits per heavy atom. The summed E-state index contributed by atoms with van der Waals surface area (Å²) in [4.78, 5) is 14.8. The number of rotatable bonds is 7. The summed E-state index contributed by atoms with van der Waals surface area (Å²) in [5, 5.41) is 13.8. The molecule has 0 saturated heterocycles. The standard InChI is InChI=1S/C14H17N3O3S/c1-2-3-14-16-11(9-21-14)8-20-13-5-4-12(17(18)19)6-10(13)7-15/h4-6,9H,2-3,7-8,15H2,1H3. The Hall–Kier alpha value is -1.99. The largest absolute Gasteiger partial charge is 0.487 e. The van der Waals surface area contributed by atoms with Crippen molar-refractivity contribution in [1.29, 1.82) is 0 Å². The maximum Gasteiger partial charge on any atom is 0.270 e. The second-order valence-electron chi connectivity index (χ2n) is 4.52. The molecule has 0 spiro atoms. The van der Waals surface area contributed by atoms with Crippen molar-refractivity contribution in [3.8, 4) is 5.75 Å². The van der Waals surface area contributed by atoms with E-state index in [0.717, 1.165) is 23.5 Å². The SMILES string of the molecule is CCCc1nc(COc2ccc([N+](=O)[O-])cc2CN)cs1. The van der Waals surface area contributed by atoms with Crippen LogP contribution in [0.15, 0.2) is 23.6 Å². The third kappa shape index (κ3) is 3.99. The minimum absolute atomic E-state index is 0.0155. The number of hydrogen-bond donors (Lipinski definition) is 1. The van der Waals surface area contributed by atoms with Crippen molar-refractivity contribution in [2.24, 2.45) is 5.73 Å². The first-order valence-electron chi connectivity index (χ1n) is 6.67. The lowest BCUT2D eigenvalue weighted by molar-refractivity contribution is -0.384. The number of nitrogens with two attached hydrogens (primary N) is 1. The first-order chi connectivity index (χ1) is 10.1. The van der Waals surface area contributed by atoms with E-state index in [1.54, 1.807) is 17.4 Å². The van der Waals surface area contributed by atoms with Gasteiger partial charge in [-0.15, -0.1) is 11.3 Å². The number of aromatic nitrogens is 1. The normalized spacial score (nSPS) is 10.6. The van der Waals surface area contributed by atoms with E-state index in [1.165, 1.54) is 12.1 Å². The molecule has 0 bridgehead atoms. The van der Waals surface area contributed by atoms with E-state index in [1.807, 2.05) is 5.38 Å². The van der Waals surface area contributed by atoms with Gasteiger partial charge in [-0.2, -0.15) is 0 Å². The average molecular weight is 307 g/mol. The highest BCUT2D eigenvalue weighted by Crippen LogP contribution is 2.25. The van der Waals surface area contributed by atoms with Gasteiger partial charge in [0.25, 0.3) is 5.69 Å². The zero-order chi connectivity index (χ0) is 15.2. The lowest BCUT2D eigenvalue weighted by Crippen LogP contribution is -2.04. The molecular weight excluding hydrogens is 290 g/mol. The van der Waals surface area contributed by atoms with Gasteiger partial charge in [-0.05, 0) is 18.9 Å². The van der Waals surface area contributed by atoms with Crippen LogP contribution in [0, 0.1) is 10.1 Å². The van der Waals surface area contributed by atoms with Gasteiger partial charge in [0, 0.05) is 29.6 Å². The van der Waals surface area contributed by atoms with Gasteiger partial charge in [0.1, 0.15) is 12.4 Å². The molecule has 0 saturated carbocycles. The molecule has 0 atom stereocenters. The van der Waals surface area contributed by atoms with E-state index in [0.29, 0.717) is 17.9 Å². The second kappa shape index (κ2) is 7.14. The minimum Gasteiger partial charge on any atom is -0.487 e. The minimum atomic E-state index is -0.444. The molecule has 2 aromatic rings. The van der Waals surface area contributed by atoms with Gasteiger partial charge in [-0.1, -0.05) is 6.92 Å². The van der Waals surface area contributed by atoms with Crippen LogP contribution in [0.4, 0.5) is 5.69 Å². The van der Waals surface area contributed by atoms with Crippen LogP contribution in [-0.2, 0) is 19.6 Å². The van der Waals surface area contributed by atoms with Crippen LogP contribution >= 0.6 is 11.3 Å². The molecule has 0 amide bonds. The van der Waals surface area contributed by atoms with Gasteiger partial charge in [-0.25, -0.2) is 4.98 Å². The smallest absolute Gasteiger partial charge is 0.270 e. The number of nitro groups is 1. The van der Waals surface area contributed by atoms with Gasteiger partial charge in [0.05, 0.1) is 15.6 Å². The molecule has 2 rings (SSSR count). The van der Waals surface area contributed by atoms with E-state index in [-0.39, 0.29) is 12.2 Å². The number of aryl methyl sites for hydroxylation is 1. The fourth-order valence-electron chi connectivity index (χ4n) is 1.88. The van der Waals surface area contributed by atoms with Crippen molar-refractivity contribution in [1.82, 2.24) is 4.98 Å². The Morgan fingerprint density at radius 2 is 2.29 bits per heavy atom. The number of hydrogen-bond acceptors (Lipinski definition) is 6. The summed E-state index contributed by atoms with van der Waals surface area (Å²) in [5.41, 5.74) is 7.12. The number of non-ortho nitro benzene ring substituents is 1. The van der Waals surface area contributed by atoms with Crippen LogP contribution < -0.4 is 10.5 Å². The molecule has 0 unspecified atom stereocenters. The number of thiazole rings is 1. The molecule has 0 aliphatic heterocycles. The third-order valence-corrected chi connectivity index (χ3v) is 3.87. The molecular formula is C14H17N3O3S. The highest BCUT2D eigenvalue weighted by atomic mass is 32.1. The highest BCUT2D eigenvalue weighted by Gasteiger charge is 2.11. The highest BCUT2D eigenvalue weighted by molar-refractivity contribution is 7.09. The predicted molar refractivity (Wildman–Crippen MR) is 81.4 cm³/mol. The zero-order valence-electron chi connectivity index (χ0n) is 11.7. The molecule has 1 aromatic carbocycles. The summed E-state index contributed by atoms with van der Waals surface area (Å²) < 4.78 is 5.68. The third-order valence-electron chi connectivity index (χ3n) is 2.91. The van der Waals surface area contributed by atoms with E-state index >= 15 is 0 Å². The van der Waals surface area contributed by atoms with Crippen LogP contribution in [0.5, 0.6) is 5.75 Å². The zero-order valence-corrected chi connectivity index (χ0v) is 12.6. The second-order valence-corrected chi connectivity index (χ2v) is 5.47. The monoisotopic (exact) mass is 307 g/mol. The molecule has 2 N–H and O–H groups in total. The van der Waals surface area contributed by atoms with E-state index in [2.05, 4.69) is 11.9 Å². The molecule has 0 radical (unpaired) electrons. The maximum atomic E-state index is 10.7. The summed E-state index contributed by atoms with van der Waals surface area (Å²) in [5.74, 6) is 0.563. The molecule has 112 valence electrons. The van der Waals surface area contributed by atoms with E-state index in [4.69, 9.17) is 10.5 Å². The van der Waals surface area contributed by atoms with Crippen molar-refractivity contribution in [3.05, 3.63) is 50.0 Å². The van der Waals surface area contributed by atoms with Crippen LogP contribution in [0.2, 0.25) is 0 Å². The Labute approximate surface area is 126 Å². The molecule has 21 heavy (non-hydrogen) atoms. The van der Waals surface area contributed by atoms with Gasteiger partial charge < -0.3 is 10.5 Å². The molecule has 1 heterocycles. The van der Waals surface area contributed by atoms with Crippen molar-refractivity contribution in [2.75, 3.05) is 0 Å². The lowest BCUT2D eigenvalue weighted by Gasteiger charge is -2.09. The van der Waals surface area contributed by atoms with E-state index in [9.17, 15) is 10.1 Å². The Morgan fingerprint density at radius 3 is 2.95 bits per heavy atom. The number of benzene rings is 1. The Bertz CT molecular complexity index is 628. The average Bonchev–Trinajstić information content (AvgIpc) is 2.93. The molecule has 0 aliphatic rings. The summed E-state index contributed by atoms with van der Waals surface area (Å²) in [6, 6.07) is 4.44. The number of nitro benzene ring substituents is 1. The molecule has 0 aliphatic carbocycles. The van der Waals surface area contributed by atoms with Crippen molar-refractivity contribution >= 4 is 17.0 Å². The van der Waals surface area contributed by atoms with Crippen LogP contribution in [0.3, 0.4) is 0 Å². The first-order valence-corrected chi connectivity index (χ1v) is 7.55. The molecule has 7 heteroatoms.